The first kappa shape index (κ1) is 7.03. The van der Waals surface area contributed by atoms with Crippen molar-refractivity contribution in [1.29, 1.82) is 0 Å². The van der Waals surface area contributed by atoms with E-state index < -0.39 is 0 Å². The number of hydrogen-bond donors (Lipinski definition) is 1. The van der Waals surface area contributed by atoms with E-state index in [-0.39, 0.29) is 6.10 Å². The van der Waals surface area contributed by atoms with Gasteiger partial charge in [0.2, 0.25) is 0 Å². The topological polar surface area (TPSA) is 34.3 Å². The average molecular weight is 128 g/mol. The van der Waals surface area contributed by atoms with Crippen LogP contribution in [0.2, 0.25) is 0 Å². The van der Waals surface area contributed by atoms with Crippen molar-refractivity contribution in [2.24, 2.45) is 0 Å². The Bertz CT molecular complexity index is 77.0. The molecular formula is C7H14NO. The van der Waals surface area contributed by atoms with Crippen LogP contribution in [-0.4, -0.2) is 24.3 Å². The summed E-state index contributed by atoms with van der Waals surface area (Å²) in [6, 6.07) is 0.536. The molecule has 0 heterocycles. The molecule has 1 saturated carbocycles. The van der Waals surface area contributed by atoms with E-state index in [1.165, 1.54) is 0 Å². The summed E-state index contributed by atoms with van der Waals surface area (Å²) in [4.78, 5) is 0. The first-order valence-electron chi connectivity index (χ1n) is 3.60. The van der Waals surface area contributed by atoms with Crippen LogP contribution in [0.25, 0.3) is 0 Å². The summed E-state index contributed by atoms with van der Waals surface area (Å²) in [6.45, 7) is 0. The van der Waals surface area contributed by atoms with Gasteiger partial charge in [0.15, 0.2) is 0 Å². The molecule has 0 spiro atoms. The van der Waals surface area contributed by atoms with Crippen LogP contribution >= 0.6 is 0 Å². The summed E-state index contributed by atoms with van der Waals surface area (Å²) in [5, 5.41) is 13.3. The molecule has 0 aromatic rings. The third-order valence-corrected chi connectivity index (χ3v) is 2.03. The van der Waals surface area contributed by atoms with E-state index in [1.54, 1.807) is 0 Å². The number of hydrogen-bond acceptors (Lipinski definition) is 1. The molecule has 1 N–H and O–H groups in total. The molecule has 2 heteroatoms. The van der Waals surface area contributed by atoms with Crippen LogP contribution in [0, 0.1) is 0 Å². The predicted octanol–water partition coefficient (Wildman–Crippen LogP) is 0.524. The van der Waals surface area contributed by atoms with Crippen molar-refractivity contribution in [1.82, 2.24) is 5.32 Å². The fraction of sp³-hybridized carbons (Fsp3) is 1.00. The third kappa shape index (κ3) is 1.95. The van der Waals surface area contributed by atoms with Gasteiger partial charge in [-0.25, -0.2) is 5.32 Å². The lowest BCUT2D eigenvalue weighted by Crippen LogP contribution is -2.27. The van der Waals surface area contributed by atoms with E-state index in [0.717, 1.165) is 25.7 Å². The number of rotatable bonds is 1. The Hall–Kier alpha value is -0.0800. The Labute approximate surface area is 56.3 Å². The fourth-order valence-electron chi connectivity index (χ4n) is 1.32. The third-order valence-electron chi connectivity index (χ3n) is 2.03. The maximum atomic E-state index is 9.08. The van der Waals surface area contributed by atoms with Gasteiger partial charge in [-0.05, 0) is 25.7 Å². The van der Waals surface area contributed by atoms with Crippen molar-refractivity contribution in [2.75, 3.05) is 7.05 Å². The molecule has 9 heavy (non-hydrogen) atoms. The maximum Gasteiger partial charge on any atom is 0.0541 e. The summed E-state index contributed by atoms with van der Waals surface area (Å²) < 4.78 is 0. The van der Waals surface area contributed by atoms with Crippen molar-refractivity contribution in [2.45, 2.75) is 37.8 Å². The summed E-state index contributed by atoms with van der Waals surface area (Å²) >= 11 is 0. The van der Waals surface area contributed by atoms with Crippen molar-refractivity contribution in [3.05, 3.63) is 0 Å². The molecule has 1 aliphatic rings. The Balaban J connectivity index is 2.18. The molecule has 1 radical (unpaired) electrons. The first-order valence-corrected chi connectivity index (χ1v) is 3.60. The molecular weight excluding hydrogens is 114 g/mol. The van der Waals surface area contributed by atoms with Gasteiger partial charge in [0.25, 0.3) is 0 Å². The Kier molecular flexibility index (Phi) is 2.49. The van der Waals surface area contributed by atoms with Crippen LogP contribution < -0.4 is 5.32 Å². The van der Waals surface area contributed by atoms with E-state index in [1.807, 2.05) is 7.05 Å². The minimum absolute atomic E-state index is 0.0389. The minimum Gasteiger partial charge on any atom is -0.393 e. The average Bonchev–Trinajstić information content (AvgIpc) is 1.90. The molecule has 0 aromatic carbocycles. The lowest BCUT2D eigenvalue weighted by atomic mass is 9.93. The van der Waals surface area contributed by atoms with Crippen LogP contribution in [0.5, 0.6) is 0 Å². The van der Waals surface area contributed by atoms with Gasteiger partial charge in [-0.1, -0.05) is 0 Å². The monoisotopic (exact) mass is 128 g/mol. The smallest absolute Gasteiger partial charge is 0.0541 e. The number of aliphatic hydroxyl groups excluding tert-OH is 1. The first-order chi connectivity index (χ1) is 4.33. The fourth-order valence-corrected chi connectivity index (χ4v) is 1.32. The highest BCUT2D eigenvalue weighted by molar-refractivity contribution is 4.74. The molecule has 0 unspecified atom stereocenters. The van der Waals surface area contributed by atoms with Crippen LogP contribution in [0.4, 0.5) is 0 Å². The normalized spacial score (nSPS) is 36.7. The highest BCUT2D eigenvalue weighted by Gasteiger charge is 2.17. The van der Waals surface area contributed by atoms with Gasteiger partial charge in [-0.3, -0.25) is 0 Å². The molecule has 0 aliphatic heterocycles. The summed E-state index contributed by atoms with van der Waals surface area (Å²) in [7, 11) is 1.86. The standard InChI is InChI=1S/C7H14NO/c1-8-6-2-4-7(9)5-3-6/h6-7,9H,2-5H2,1H3. The van der Waals surface area contributed by atoms with E-state index >= 15 is 0 Å². The molecule has 2 nitrogen and oxygen atoms in total. The summed E-state index contributed by atoms with van der Waals surface area (Å²) in [6.07, 6.45) is 4.02. The van der Waals surface area contributed by atoms with Gasteiger partial charge in [-0.15, -0.1) is 0 Å². The Morgan fingerprint density at radius 2 is 1.78 bits per heavy atom. The van der Waals surface area contributed by atoms with Crippen molar-refractivity contribution < 1.29 is 5.11 Å². The molecule has 53 valence electrons. The number of aliphatic hydroxyl groups is 1. The van der Waals surface area contributed by atoms with Gasteiger partial charge >= 0.3 is 0 Å². The molecule has 0 bridgehead atoms. The molecule has 0 amide bonds. The van der Waals surface area contributed by atoms with E-state index in [4.69, 9.17) is 5.11 Å². The summed E-state index contributed by atoms with van der Waals surface area (Å²) in [5.74, 6) is 0. The highest BCUT2D eigenvalue weighted by Crippen LogP contribution is 2.18. The van der Waals surface area contributed by atoms with Gasteiger partial charge < -0.3 is 5.11 Å². The van der Waals surface area contributed by atoms with Gasteiger partial charge in [0.1, 0.15) is 0 Å². The lowest BCUT2D eigenvalue weighted by Gasteiger charge is -2.23. The van der Waals surface area contributed by atoms with Crippen LogP contribution in [0.1, 0.15) is 25.7 Å². The molecule has 1 aliphatic carbocycles. The quantitative estimate of drug-likeness (QED) is 0.549. The number of nitrogens with zero attached hydrogens (tertiary/aromatic N) is 1. The molecule has 0 aromatic heterocycles. The Morgan fingerprint density at radius 1 is 1.22 bits per heavy atom. The lowest BCUT2D eigenvalue weighted by molar-refractivity contribution is 0.118. The van der Waals surface area contributed by atoms with Crippen LogP contribution in [-0.2, 0) is 0 Å². The SMILES string of the molecule is C[N]C1CCC(O)CC1. The van der Waals surface area contributed by atoms with Crippen molar-refractivity contribution >= 4 is 0 Å². The maximum absolute atomic E-state index is 9.08. The van der Waals surface area contributed by atoms with Gasteiger partial charge in [0.05, 0.1) is 6.10 Å². The van der Waals surface area contributed by atoms with Crippen molar-refractivity contribution in [3.8, 4) is 0 Å². The van der Waals surface area contributed by atoms with Crippen LogP contribution in [0.3, 0.4) is 0 Å². The molecule has 1 rings (SSSR count). The zero-order valence-electron chi connectivity index (χ0n) is 5.88. The predicted molar refractivity (Wildman–Crippen MR) is 36.3 cm³/mol. The zero-order chi connectivity index (χ0) is 6.69. The van der Waals surface area contributed by atoms with Crippen molar-refractivity contribution in [3.63, 3.8) is 0 Å². The molecule has 1 fully saturated rings. The van der Waals surface area contributed by atoms with Crippen LogP contribution in [0.15, 0.2) is 0 Å². The highest BCUT2D eigenvalue weighted by atomic mass is 16.3. The zero-order valence-corrected chi connectivity index (χ0v) is 5.88. The second-order valence-electron chi connectivity index (χ2n) is 2.72. The second-order valence-corrected chi connectivity index (χ2v) is 2.72. The Morgan fingerprint density at radius 3 is 2.22 bits per heavy atom. The largest absolute Gasteiger partial charge is 0.393 e. The van der Waals surface area contributed by atoms with E-state index in [9.17, 15) is 0 Å². The molecule has 0 atom stereocenters. The minimum atomic E-state index is -0.0389. The second kappa shape index (κ2) is 3.18. The van der Waals surface area contributed by atoms with E-state index in [0.29, 0.717) is 6.04 Å². The molecule has 0 saturated heterocycles. The van der Waals surface area contributed by atoms with Gasteiger partial charge in [-0.2, -0.15) is 0 Å². The summed E-state index contributed by atoms with van der Waals surface area (Å²) in [5.41, 5.74) is 0. The van der Waals surface area contributed by atoms with E-state index in [2.05, 4.69) is 5.32 Å². The van der Waals surface area contributed by atoms with Gasteiger partial charge in [0, 0.05) is 13.1 Å².